The van der Waals surface area contributed by atoms with Crippen LogP contribution in [0.3, 0.4) is 0 Å². The lowest BCUT2D eigenvalue weighted by Gasteiger charge is -2.07. The topological polar surface area (TPSA) is 119 Å². The molecule has 0 fully saturated rings. The second-order valence-corrected chi connectivity index (χ2v) is 11.3. The van der Waals surface area contributed by atoms with Gasteiger partial charge >= 0.3 is 0 Å². The van der Waals surface area contributed by atoms with E-state index in [0.29, 0.717) is 25.4 Å². The van der Waals surface area contributed by atoms with Gasteiger partial charge in [0.1, 0.15) is 10.8 Å². The highest BCUT2D eigenvalue weighted by molar-refractivity contribution is 8.01. The summed E-state index contributed by atoms with van der Waals surface area (Å²) in [5.41, 5.74) is 4.73. The van der Waals surface area contributed by atoms with Gasteiger partial charge in [-0.25, -0.2) is 0 Å². The number of amides is 2. The number of halogens is 1. The number of nitrogens with one attached hydrogen (secondary N) is 2. The molecular formula is C23H21ClN6O3S3. The maximum Gasteiger partial charge on any atom is 0.261 e. The summed E-state index contributed by atoms with van der Waals surface area (Å²) in [6, 6.07) is 8.96. The van der Waals surface area contributed by atoms with Crippen LogP contribution in [0.25, 0.3) is 10.6 Å². The van der Waals surface area contributed by atoms with E-state index < -0.39 is 5.91 Å². The largest absolute Gasteiger partial charge is 0.496 e. The average Bonchev–Trinajstić information content (AvgIpc) is 3.46. The summed E-state index contributed by atoms with van der Waals surface area (Å²) < 4.78 is 5.74. The number of nitrogens with zero attached hydrogens (tertiary/aromatic N) is 4. The molecule has 0 saturated carbocycles. The average molecular weight is 561 g/mol. The lowest BCUT2D eigenvalue weighted by molar-refractivity contribution is -0.113. The Morgan fingerprint density at radius 3 is 2.39 bits per heavy atom. The first-order valence-electron chi connectivity index (χ1n) is 10.6. The van der Waals surface area contributed by atoms with Gasteiger partial charge in [0, 0.05) is 10.6 Å². The first kappa shape index (κ1) is 26.0. The van der Waals surface area contributed by atoms with Crippen LogP contribution in [-0.4, -0.2) is 45.1 Å². The second kappa shape index (κ2) is 11.3. The molecule has 9 nitrogen and oxygen atoms in total. The summed E-state index contributed by atoms with van der Waals surface area (Å²) in [6.45, 7) is 6.13. The van der Waals surface area contributed by atoms with Crippen molar-refractivity contribution in [2.75, 3.05) is 23.5 Å². The van der Waals surface area contributed by atoms with Crippen LogP contribution >= 0.6 is 46.0 Å². The van der Waals surface area contributed by atoms with Crippen LogP contribution in [0.4, 0.5) is 10.3 Å². The Bertz CT molecular complexity index is 1420. The van der Waals surface area contributed by atoms with Crippen LogP contribution in [0, 0.1) is 20.8 Å². The maximum atomic E-state index is 12.6. The normalized spacial score (nSPS) is 10.8. The predicted octanol–water partition coefficient (Wildman–Crippen LogP) is 5.63. The number of methoxy groups -OCH3 is 1. The molecule has 0 spiro atoms. The smallest absolute Gasteiger partial charge is 0.261 e. The molecular weight excluding hydrogens is 540 g/mol. The Morgan fingerprint density at radius 2 is 1.67 bits per heavy atom. The number of hydrogen-bond donors (Lipinski definition) is 2. The molecule has 0 unspecified atom stereocenters. The molecule has 0 radical (unpaired) electrons. The standard InChI is InChI=1S/C23H21ClN6O3S3/c1-11-7-12(2)18(13(3)8-11)20-27-28-21(35-20)25-17(31)10-34-23-30-29-22(36-23)26-19(32)15-9-14(24)5-6-16(15)33-4/h5-9H,10H2,1-4H3,(H,25,28,31)(H,26,29,32). The van der Waals surface area contributed by atoms with Gasteiger partial charge in [-0.15, -0.1) is 20.4 Å². The van der Waals surface area contributed by atoms with Crippen LogP contribution < -0.4 is 15.4 Å². The minimum absolute atomic E-state index is 0.0994. The predicted molar refractivity (Wildman–Crippen MR) is 145 cm³/mol. The molecule has 0 saturated heterocycles. The maximum absolute atomic E-state index is 12.6. The van der Waals surface area contributed by atoms with Gasteiger partial charge in [-0.2, -0.15) is 0 Å². The zero-order valence-electron chi connectivity index (χ0n) is 19.7. The molecule has 2 amide bonds. The molecule has 2 aromatic carbocycles. The Balaban J connectivity index is 1.33. The molecule has 0 aliphatic carbocycles. The van der Waals surface area contributed by atoms with Crippen LogP contribution in [0.2, 0.25) is 5.02 Å². The monoisotopic (exact) mass is 560 g/mol. The molecule has 0 aliphatic heterocycles. The molecule has 36 heavy (non-hydrogen) atoms. The van der Waals surface area contributed by atoms with Crippen LogP contribution in [0.1, 0.15) is 27.0 Å². The third kappa shape index (κ3) is 6.19. The van der Waals surface area contributed by atoms with E-state index in [4.69, 9.17) is 16.3 Å². The number of ether oxygens (including phenoxy) is 1. The van der Waals surface area contributed by atoms with Crippen molar-refractivity contribution in [1.82, 2.24) is 20.4 Å². The van der Waals surface area contributed by atoms with E-state index in [2.05, 4.69) is 50.1 Å². The van der Waals surface area contributed by atoms with E-state index in [-0.39, 0.29) is 17.2 Å². The Kier molecular flexibility index (Phi) is 8.19. The fourth-order valence-corrected chi connectivity index (χ4v) is 6.17. The van der Waals surface area contributed by atoms with E-state index in [1.54, 1.807) is 12.1 Å². The van der Waals surface area contributed by atoms with Crippen LogP contribution in [-0.2, 0) is 4.79 Å². The summed E-state index contributed by atoms with van der Waals surface area (Å²) in [4.78, 5) is 25.0. The number of aryl methyl sites for hydroxylation is 3. The van der Waals surface area contributed by atoms with E-state index in [9.17, 15) is 9.59 Å². The minimum Gasteiger partial charge on any atom is -0.496 e. The fraction of sp³-hybridized carbons (Fsp3) is 0.217. The fourth-order valence-electron chi connectivity index (χ4n) is 3.52. The van der Waals surface area contributed by atoms with Crippen LogP contribution in [0.15, 0.2) is 34.7 Å². The first-order chi connectivity index (χ1) is 17.2. The van der Waals surface area contributed by atoms with Crippen molar-refractivity contribution in [2.45, 2.75) is 25.1 Å². The van der Waals surface area contributed by atoms with Gasteiger partial charge in [-0.3, -0.25) is 20.2 Å². The van der Waals surface area contributed by atoms with Gasteiger partial charge in [0.05, 0.1) is 18.4 Å². The number of hydrogen-bond acceptors (Lipinski definition) is 10. The highest BCUT2D eigenvalue weighted by Gasteiger charge is 2.17. The minimum atomic E-state index is -0.425. The quantitative estimate of drug-likeness (QED) is 0.210. The molecule has 4 aromatic rings. The van der Waals surface area contributed by atoms with Crippen molar-refractivity contribution < 1.29 is 14.3 Å². The second-order valence-electron chi connectivity index (χ2n) is 7.69. The van der Waals surface area contributed by atoms with Gasteiger partial charge in [-0.1, -0.05) is 63.7 Å². The van der Waals surface area contributed by atoms with Crippen molar-refractivity contribution in [2.24, 2.45) is 0 Å². The van der Waals surface area contributed by atoms with Gasteiger partial charge in [0.15, 0.2) is 4.34 Å². The molecule has 0 atom stereocenters. The zero-order chi connectivity index (χ0) is 25.8. The number of aromatic nitrogens is 4. The lowest BCUT2D eigenvalue weighted by Crippen LogP contribution is -2.13. The van der Waals surface area contributed by atoms with Crippen molar-refractivity contribution in [1.29, 1.82) is 0 Å². The summed E-state index contributed by atoms with van der Waals surface area (Å²) in [7, 11) is 1.47. The third-order valence-corrected chi connectivity index (χ3v) is 7.99. The molecule has 2 aromatic heterocycles. The Labute approximate surface area is 224 Å². The van der Waals surface area contributed by atoms with Gasteiger partial charge in [-0.05, 0) is 50.1 Å². The molecule has 4 rings (SSSR count). The number of anilines is 2. The van der Waals surface area contributed by atoms with Gasteiger partial charge in [0.25, 0.3) is 5.91 Å². The van der Waals surface area contributed by atoms with E-state index >= 15 is 0 Å². The van der Waals surface area contributed by atoms with Crippen LogP contribution in [0.5, 0.6) is 5.75 Å². The lowest BCUT2D eigenvalue weighted by atomic mass is 10.0. The van der Waals surface area contributed by atoms with Gasteiger partial charge < -0.3 is 4.74 Å². The number of thioether (sulfide) groups is 1. The number of rotatable bonds is 8. The zero-order valence-corrected chi connectivity index (χ0v) is 22.9. The number of carbonyl (C=O) groups is 2. The first-order valence-corrected chi connectivity index (χ1v) is 13.6. The van der Waals surface area contributed by atoms with Crippen molar-refractivity contribution in [3.05, 3.63) is 57.6 Å². The Morgan fingerprint density at radius 1 is 0.972 bits per heavy atom. The van der Waals surface area contributed by atoms with E-state index in [1.807, 2.05) is 13.8 Å². The molecule has 0 bridgehead atoms. The van der Waals surface area contributed by atoms with Crippen molar-refractivity contribution in [3.63, 3.8) is 0 Å². The highest BCUT2D eigenvalue weighted by Crippen LogP contribution is 2.33. The number of carbonyl (C=O) groups excluding carboxylic acids is 2. The van der Waals surface area contributed by atoms with Gasteiger partial charge in [0.2, 0.25) is 16.2 Å². The van der Waals surface area contributed by atoms with Crippen molar-refractivity contribution in [3.8, 4) is 16.3 Å². The van der Waals surface area contributed by atoms with Crippen molar-refractivity contribution >= 4 is 68.1 Å². The summed E-state index contributed by atoms with van der Waals surface area (Å²) in [5, 5.41) is 23.7. The summed E-state index contributed by atoms with van der Waals surface area (Å²) in [5.74, 6) is -0.182. The SMILES string of the molecule is COc1ccc(Cl)cc1C(=O)Nc1nnc(SCC(=O)Nc2nnc(-c3c(C)cc(C)cc3C)s2)s1. The molecule has 2 N–H and O–H groups in total. The molecule has 2 heterocycles. The van der Waals surface area contributed by atoms with E-state index in [1.165, 1.54) is 41.8 Å². The van der Waals surface area contributed by atoms with E-state index in [0.717, 1.165) is 33.0 Å². The molecule has 0 aliphatic rings. The highest BCUT2D eigenvalue weighted by atomic mass is 35.5. The summed E-state index contributed by atoms with van der Waals surface area (Å²) >= 11 is 9.68. The third-order valence-electron chi connectivity index (χ3n) is 4.92. The Hall–Kier alpha value is -3.06. The molecule has 13 heteroatoms. The molecule has 186 valence electrons. The summed E-state index contributed by atoms with van der Waals surface area (Å²) in [6.07, 6.45) is 0. The number of benzene rings is 2.